The quantitative estimate of drug-likeness (QED) is 0.409. The number of hydrogen-bond donors (Lipinski definition) is 3. The summed E-state index contributed by atoms with van der Waals surface area (Å²) in [5.41, 5.74) is 9.05. The van der Waals surface area contributed by atoms with Gasteiger partial charge >= 0.3 is 0 Å². The lowest BCUT2D eigenvalue weighted by molar-refractivity contribution is 0.155. The van der Waals surface area contributed by atoms with Gasteiger partial charge in [-0.3, -0.25) is 0 Å². The van der Waals surface area contributed by atoms with Crippen molar-refractivity contribution in [3.8, 4) is 11.4 Å². The number of nitrogens with one attached hydrogen (secondary N) is 1. The number of ether oxygens (including phenoxy) is 1. The van der Waals surface area contributed by atoms with Crippen LogP contribution in [0.4, 0.5) is 5.69 Å². The number of aromatic nitrogens is 2. The zero-order chi connectivity index (χ0) is 24.2. The molecule has 0 saturated heterocycles. The Bertz CT molecular complexity index is 1200. The molecule has 0 saturated carbocycles. The van der Waals surface area contributed by atoms with E-state index in [1.807, 2.05) is 35.9 Å². The van der Waals surface area contributed by atoms with E-state index in [-0.39, 0.29) is 0 Å². The number of nitrogens with zero attached hydrogens (tertiary/aromatic N) is 3. The molecule has 0 aliphatic heterocycles. The number of methoxy groups -OCH3 is 1. The Labute approximate surface area is 198 Å². The highest BCUT2D eigenvalue weighted by Crippen LogP contribution is 2.28. The van der Waals surface area contributed by atoms with Gasteiger partial charge < -0.3 is 25.5 Å². The minimum Gasteiger partial charge on any atom is -0.494 e. The van der Waals surface area contributed by atoms with E-state index in [0.29, 0.717) is 28.0 Å². The van der Waals surface area contributed by atoms with E-state index in [4.69, 9.17) is 22.1 Å². The van der Waals surface area contributed by atoms with E-state index in [1.165, 1.54) is 0 Å². The molecule has 4 N–H and O–H groups in total. The number of aliphatic imine (C=N–C) groups is 1. The van der Waals surface area contributed by atoms with Crippen molar-refractivity contribution in [3.63, 3.8) is 0 Å². The zero-order valence-corrected chi connectivity index (χ0v) is 19.9. The van der Waals surface area contributed by atoms with Gasteiger partial charge in [-0.1, -0.05) is 30.3 Å². The lowest BCUT2D eigenvalue weighted by atomic mass is 10.00. The van der Waals surface area contributed by atoms with Crippen molar-refractivity contribution in [3.05, 3.63) is 89.7 Å². The first-order valence-corrected chi connectivity index (χ1v) is 10.6. The van der Waals surface area contributed by atoms with Crippen LogP contribution in [-0.2, 0) is 0 Å². The number of rotatable bonds is 8. The first-order valence-electron chi connectivity index (χ1n) is 10.3. The van der Waals surface area contributed by atoms with Gasteiger partial charge in [0.25, 0.3) is 0 Å². The third-order valence-corrected chi connectivity index (χ3v) is 5.06. The predicted octanol–water partition coefficient (Wildman–Crippen LogP) is 4.94. The summed E-state index contributed by atoms with van der Waals surface area (Å²) in [6.45, 7) is 9.18. The molecule has 3 rings (SSSR count). The van der Waals surface area contributed by atoms with Crippen LogP contribution in [0.3, 0.4) is 0 Å². The van der Waals surface area contributed by atoms with E-state index in [2.05, 4.69) is 21.9 Å². The molecule has 0 amide bonds. The molecule has 0 radical (unpaired) electrons. The van der Waals surface area contributed by atoms with Crippen molar-refractivity contribution < 1.29 is 9.84 Å². The molecule has 0 aliphatic carbocycles. The van der Waals surface area contributed by atoms with Gasteiger partial charge in [0.1, 0.15) is 17.2 Å². The monoisotopic (exact) mass is 465 g/mol. The summed E-state index contributed by atoms with van der Waals surface area (Å²) >= 11 is 5.95. The number of imidazole rings is 1. The third-order valence-electron chi connectivity index (χ3n) is 4.81. The van der Waals surface area contributed by atoms with Gasteiger partial charge in [0, 0.05) is 28.7 Å². The van der Waals surface area contributed by atoms with Crippen LogP contribution < -0.4 is 15.8 Å². The highest BCUT2D eigenvalue weighted by Gasteiger charge is 2.20. The molecule has 33 heavy (non-hydrogen) atoms. The van der Waals surface area contributed by atoms with Crippen molar-refractivity contribution in [1.29, 1.82) is 0 Å². The van der Waals surface area contributed by atoms with Crippen molar-refractivity contribution in [2.45, 2.75) is 26.4 Å². The lowest BCUT2D eigenvalue weighted by Crippen LogP contribution is -2.30. The summed E-state index contributed by atoms with van der Waals surface area (Å²) in [5.74, 6) is 0.990. The Hall–Kier alpha value is -3.55. The standard InChI is InChI=1S/C25H28ClN5O2/c1-16-14-31(15-28-16)22-11-10-20(12-23(22)33-5)29-17(2)30-24(25(3,4)32)13-21(27)18-6-8-19(26)9-7-18/h6-15,29,32H,2,27H2,1,3-5H3/b21-13-,30-24?. The van der Waals surface area contributed by atoms with Crippen LogP contribution in [-0.4, -0.2) is 33.1 Å². The van der Waals surface area contributed by atoms with Crippen molar-refractivity contribution in [2.24, 2.45) is 10.7 Å². The van der Waals surface area contributed by atoms with Gasteiger partial charge in [-0.15, -0.1) is 0 Å². The maximum Gasteiger partial charge on any atom is 0.144 e. The van der Waals surface area contributed by atoms with Gasteiger partial charge in [-0.05, 0) is 56.7 Å². The smallest absolute Gasteiger partial charge is 0.144 e. The summed E-state index contributed by atoms with van der Waals surface area (Å²) in [7, 11) is 1.61. The van der Waals surface area contributed by atoms with Gasteiger partial charge in [0.05, 0.1) is 30.5 Å². The van der Waals surface area contributed by atoms with Crippen LogP contribution in [0, 0.1) is 6.92 Å². The normalized spacial score (nSPS) is 12.5. The van der Waals surface area contributed by atoms with Crippen LogP contribution in [0.25, 0.3) is 11.4 Å². The largest absolute Gasteiger partial charge is 0.494 e. The van der Waals surface area contributed by atoms with Crippen LogP contribution in [0.2, 0.25) is 5.02 Å². The molecule has 0 unspecified atom stereocenters. The first kappa shape index (κ1) is 24.1. The number of halogens is 1. The maximum absolute atomic E-state index is 10.6. The molecular formula is C25H28ClN5O2. The number of anilines is 1. The molecule has 3 aromatic rings. The highest BCUT2D eigenvalue weighted by molar-refractivity contribution is 6.30. The fraction of sp³-hybridized carbons (Fsp3) is 0.200. The molecule has 0 atom stereocenters. The topological polar surface area (TPSA) is 97.7 Å². The third kappa shape index (κ3) is 6.25. The Kier molecular flexibility index (Phi) is 7.26. The molecular weight excluding hydrogens is 438 g/mol. The molecule has 172 valence electrons. The SMILES string of the molecule is C=C(N=C(/C=C(\N)c1ccc(Cl)cc1)C(C)(C)O)Nc1ccc(-n2cnc(C)c2)c(OC)c1. The van der Waals surface area contributed by atoms with E-state index >= 15 is 0 Å². The van der Waals surface area contributed by atoms with Gasteiger partial charge in [0.15, 0.2) is 0 Å². The van der Waals surface area contributed by atoms with Gasteiger partial charge in [-0.25, -0.2) is 9.98 Å². The zero-order valence-electron chi connectivity index (χ0n) is 19.1. The summed E-state index contributed by atoms with van der Waals surface area (Å²) in [6.07, 6.45) is 5.28. The second-order valence-corrected chi connectivity index (χ2v) is 8.48. The fourth-order valence-electron chi connectivity index (χ4n) is 3.08. The summed E-state index contributed by atoms with van der Waals surface area (Å²) in [5, 5.41) is 14.4. The Morgan fingerprint density at radius 2 is 1.97 bits per heavy atom. The first-order chi connectivity index (χ1) is 15.6. The van der Waals surface area contributed by atoms with E-state index in [0.717, 1.165) is 22.6 Å². The number of aliphatic hydroxyl groups is 1. The Morgan fingerprint density at radius 1 is 1.27 bits per heavy atom. The molecule has 0 bridgehead atoms. The van der Waals surface area contributed by atoms with Crippen molar-refractivity contribution in [2.75, 3.05) is 12.4 Å². The Balaban J connectivity index is 1.85. The van der Waals surface area contributed by atoms with Gasteiger partial charge in [0.2, 0.25) is 0 Å². The maximum atomic E-state index is 10.6. The van der Waals surface area contributed by atoms with E-state index in [1.54, 1.807) is 57.6 Å². The minimum absolute atomic E-state index is 0.334. The Morgan fingerprint density at radius 3 is 2.55 bits per heavy atom. The number of benzene rings is 2. The predicted molar refractivity (Wildman–Crippen MR) is 135 cm³/mol. The van der Waals surface area contributed by atoms with Crippen LogP contribution >= 0.6 is 11.6 Å². The highest BCUT2D eigenvalue weighted by atomic mass is 35.5. The van der Waals surface area contributed by atoms with Crippen LogP contribution in [0.5, 0.6) is 5.75 Å². The number of hydrogen-bond acceptors (Lipinski definition) is 6. The summed E-state index contributed by atoms with van der Waals surface area (Å²) in [4.78, 5) is 8.75. The molecule has 7 nitrogen and oxygen atoms in total. The second-order valence-electron chi connectivity index (χ2n) is 8.04. The summed E-state index contributed by atoms with van der Waals surface area (Å²) < 4.78 is 7.44. The molecule has 8 heteroatoms. The summed E-state index contributed by atoms with van der Waals surface area (Å²) in [6, 6.07) is 12.7. The number of nitrogens with two attached hydrogens (primary N) is 1. The average Bonchev–Trinajstić information content (AvgIpc) is 3.19. The molecule has 0 fully saturated rings. The average molecular weight is 466 g/mol. The van der Waals surface area contributed by atoms with Crippen molar-refractivity contribution in [1.82, 2.24) is 9.55 Å². The molecule has 0 spiro atoms. The van der Waals surface area contributed by atoms with Crippen molar-refractivity contribution >= 4 is 28.7 Å². The van der Waals surface area contributed by atoms with Crippen LogP contribution in [0.15, 0.2) is 78.5 Å². The van der Waals surface area contributed by atoms with E-state index in [9.17, 15) is 5.11 Å². The van der Waals surface area contributed by atoms with Crippen LogP contribution in [0.1, 0.15) is 25.1 Å². The molecule has 1 aromatic heterocycles. The molecule has 0 aliphatic rings. The van der Waals surface area contributed by atoms with Gasteiger partial charge in [-0.2, -0.15) is 0 Å². The number of aryl methyl sites for hydroxylation is 1. The fourth-order valence-corrected chi connectivity index (χ4v) is 3.21. The van der Waals surface area contributed by atoms with E-state index < -0.39 is 5.60 Å². The second kappa shape index (κ2) is 9.94. The lowest BCUT2D eigenvalue weighted by Gasteiger charge is -2.19. The molecule has 2 aromatic carbocycles. The molecule has 1 heterocycles. The minimum atomic E-state index is -1.25.